The lowest BCUT2D eigenvalue weighted by Crippen LogP contribution is -2.08. The van der Waals surface area contributed by atoms with Gasteiger partial charge in [0, 0.05) is 25.8 Å². The molecule has 0 spiro atoms. The maximum Gasteiger partial charge on any atom is 0.261 e. The second-order valence-electron chi connectivity index (χ2n) is 5.18. The minimum atomic E-state index is -0.401. The van der Waals surface area contributed by atoms with Crippen molar-refractivity contribution in [2.75, 3.05) is 19.0 Å². The van der Waals surface area contributed by atoms with Gasteiger partial charge in [-0.2, -0.15) is 4.98 Å². The van der Waals surface area contributed by atoms with Crippen LogP contribution in [0.3, 0.4) is 0 Å². The lowest BCUT2D eigenvalue weighted by Gasteiger charge is -2.13. The van der Waals surface area contributed by atoms with Gasteiger partial charge in [0.1, 0.15) is 11.6 Å². The first-order chi connectivity index (χ1) is 11.1. The second-order valence-corrected chi connectivity index (χ2v) is 5.18. The van der Waals surface area contributed by atoms with Crippen molar-refractivity contribution in [1.82, 2.24) is 10.1 Å². The summed E-state index contributed by atoms with van der Waals surface area (Å²) in [6.07, 6.45) is 0. The van der Waals surface area contributed by atoms with Gasteiger partial charge in [0.2, 0.25) is 5.82 Å². The zero-order valence-electron chi connectivity index (χ0n) is 12.9. The summed E-state index contributed by atoms with van der Waals surface area (Å²) in [5, 5.41) is 3.82. The van der Waals surface area contributed by atoms with E-state index in [0.717, 1.165) is 5.69 Å². The Morgan fingerprint density at radius 1 is 1.13 bits per heavy atom. The van der Waals surface area contributed by atoms with Crippen molar-refractivity contribution in [3.8, 4) is 17.2 Å². The normalized spacial score (nSPS) is 10.6. The molecule has 0 fully saturated rings. The van der Waals surface area contributed by atoms with Gasteiger partial charge in [-0.3, -0.25) is 0 Å². The van der Waals surface area contributed by atoms with E-state index < -0.39 is 5.82 Å². The summed E-state index contributed by atoms with van der Waals surface area (Å²) in [5.41, 5.74) is 1.31. The van der Waals surface area contributed by atoms with Crippen LogP contribution in [0.15, 0.2) is 53.1 Å². The number of hydrogen-bond donors (Lipinski definition) is 0. The van der Waals surface area contributed by atoms with Crippen LogP contribution in [-0.2, 0) is 6.61 Å². The molecule has 6 heteroatoms. The lowest BCUT2D eigenvalue weighted by atomic mass is 10.2. The number of aromatic nitrogens is 2. The van der Waals surface area contributed by atoms with Gasteiger partial charge in [0.25, 0.3) is 5.89 Å². The van der Waals surface area contributed by atoms with Gasteiger partial charge in [-0.1, -0.05) is 23.4 Å². The van der Waals surface area contributed by atoms with Crippen LogP contribution in [0.5, 0.6) is 5.75 Å². The average Bonchev–Trinajstić information content (AvgIpc) is 3.02. The number of benzene rings is 2. The molecule has 3 rings (SSSR count). The fourth-order valence-electron chi connectivity index (χ4n) is 2.06. The Labute approximate surface area is 133 Å². The van der Waals surface area contributed by atoms with E-state index in [9.17, 15) is 4.39 Å². The van der Waals surface area contributed by atoms with E-state index in [1.807, 2.05) is 43.3 Å². The Morgan fingerprint density at radius 2 is 1.96 bits per heavy atom. The molecule has 3 aromatic rings. The van der Waals surface area contributed by atoms with Crippen molar-refractivity contribution in [3.05, 3.63) is 60.2 Å². The van der Waals surface area contributed by atoms with Crippen molar-refractivity contribution >= 4 is 5.69 Å². The molecule has 0 saturated carbocycles. The van der Waals surface area contributed by atoms with Crippen molar-refractivity contribution in [3.63, 3.8) is 0 Å². The first-order valence-electron chi connectivity index (χ1n) is 7.11. The Hall–Kier alpha value is -2.89. The predicted octanol–water partition coefficient (Wildman–Crippen LogP) is 3.52. The van der Waals surface area contributed by atoms with Crippen LogP contribution in [0.4, 0.5) is 10.1 Å². The van der Waals surface area contributed by atoms with Crippen molar-refractivity contribution in [1.29, 1.82) is 0 Å². The van der Waals surface area contributed by atoms with Gasteiger partial charge in [0.05, 0.1) is 5.56 Å². The predicted molar refractivity (Wildman–Crippen MR) is 84.8 cm³/mol. The summed E-state index contributed by atoms with van der Waals surface area (Å²) < 4.78 is 24.4. The largest absolute Gasteiger partial charge is 0.485 e. The van der Waals surface area contributed by atoms with Crippen LogP contribution >= 0.6 is 0 Å². The van der Waals surface area contributed by atoms with E-state index in [0.29, 0.717) is 11.6 Å². The maximum absolute atomic E-state index is 13.7. The monoisotopic (exact) mass is 313 g/mol. The molecule has 1 heterocycles. The Balaban J connectivity index is 1.70. The van der Waals surface area contributed by atoms with Crippen LogP contribution in [0.1, 0.15) is 5.82 Å². The van der Waals surface area contributed by atoms with E-state index in [4.69, 9.17) is 9.26 Å². The van der Waals surface area contributed by atoms with Crippen molar-refractivity contribution in [2.45, 2.75) is 6.61 Å². The first kappa shape index (κ1) is 15.0. The minimum absolute atomic E-state index is 0.142. The topological polar surface area (TPSA) is 51.4 Å². The summed E-state index contributed by atoms with van der Waals surface area (Å²) in [6, 6.07) is 13.9. The third kappa shape index (κ3) is 3.48. The third-order valence-corrected chi connectivity index (χ3v) is 3.27. The molecule has 0 N–H and O–H groups in total. The molecule has 5 nitrogen and oxygen atoms in total. The number of rotatable bonds is 5. The SMILES string of the molecule is CN(C)c1cccc(OCc2noc(-c3ccccc3F)n2)c1. The van der Waals surface area contributed by atoms with E-state index >= 15 is 0 Å². The van der Waals surface area contributed by atoms with Crippen LogP contribution in [-0.4, -0.2) is 24.2 Å². The molecule has 0 bridgehead atoms. The van der Waals surface area contributed by atoms with Gasteiger partial charge in [-0.05, 0) is 24.3 Å². The smallest absolute Gasteiger partial charge is 0.261 e. The van der Waals surface area contributed by atoms with Crippen LogP contribution in [0.25, 0.3) is 11.5 Å². The molecule has 0 aliphatic rings. The van der Waals surface area contributed by atoms with E-state index in [1.165, 1.54) is 6.07 Å². The highest BCUT2D eigenvalue weighted by Gasteiger charge is 2.13. The Bertz CT molecular complexity index is 802. The summed E-state index contributed by atoms with van der Waals surface area (Å²) >= 11 is 0. The first-order valence-corrected chi connectivity index (χ1v) is 7.11. The number of ether oxygens (including phenoxy) is 1. The standard InChI is InChI=1S/C17H16FN3O2/c1-21(2)12-6-5-7-13(10-12)22-11-16-19-17(23-20-16)14-8-3-4-9-15(14)18/h3-10H,11H2,1-2H3. The molecule has 118 valence electrons. The van der Waals surface area contributed by atoms with Crippen molar-refractivity contribution < 1.29 is 13.7 Å². The molecule has 0 saturated heterocycles. The zero-order chi connectivity index (χ0) is 16.2. The fraction of sp³-hybridized carbons (Fsp3) is 0.176. The van der Waals surface area contributed by atoms with Gasteiger partial charge in [0.15, 0.2) is 6.61 Å². The van der Waals surface area contributed by atoms with E-state index in [-0.39, 0.29) is 18.1 Å². The average molecular weight is 313 g/mol. The van der Waals surface area contributed by atoms with Gasteiger partial charge < -0.3 is 14.2 Å². The minimum Gasteiger partial charge on any atom is -0.485 e. The summed E-state index contributed by atoms with van der Waals surface area (Å²) in [5.74, 6) is 0.804. The molecule has 1 aromatic heterocycles. The molecular weight excluding hydrogens is 297 g/mol. The highest BCUT2D eigenvalue weighted by Crippen LogP contribution is 2.22. The number of halogens is 1. The highest BCUT2D eigenvalue weighted by molar-refractivity contribution is 5.53. The molecule has 0 aliphatic carbocycles. The quantitative estimate of drug-likeness (QED) is 0.721. The zero-order valence-corrected chi connectivity index (χ0v) is 12.9. The highest BCUT2D eigenvalue weighted by atomic mass is 19.1. The Kier molecular flexibility index (Phi) is 4.23. The molecule has 0 radical (unpaired) electrons. The van der Waals surface area contributed by atoms with Gasteiger partial charge >= 0.3 is 0 Å². The fourth-order valence-corrected chi connectivity index (χ4v) is 2.06. The number of nitrogens with zero attached hydrogens (tertiary/aromatic N) is 3. The molecular formula is C17H16FN3O2. The third-order valence-electron chi connectivity index (χ3n) is 3.27. The molecule has 0 atom stereocenters. The summed E-state index contributed by atoms with van der Waals surface area (Å²) in [4.78, 5) is 6.14. The number of anilines is 1. The molecule has 0 unspecified atom stereocenters. The molecule has 0 aliphatic heterocycles. The van der Waals surface area contributed by atoms with Gasteiger partial charge in [-0.25, -0.2) is 4.39 Å². The number of hydrogen-bond acceptors (Lipinski definition) is 5. The van der Waals surface area contributed by atoms with Crippen LogP contribution < -0.4 is 9.64 Å². The summed E-state index contributed by atoms with van der Waals surface area (Å²) in [7, 11) is 3.91. The molecule has 2 aromatic carbocycles. The van der Waals surface area contributed by atoms with Crippen LogP contribution in [0.2, 0.25) is 0 Å². The molecule has 23 heavy (non-hydrogen) atoms. The second kappa shape index (κ2) is 6.48. The Morgan fingerprint density at radius 3 is 2.74 bits per heavy atom. The van der Waals surface area contributed by atoms with E-state index in [1.54, 1.807) is 18.2 Å². The maximum atomic E-state index is 13.7. The van der Waals surface area contributed by atoms with Gasteiger partial charge in [-0.15, -0.1) is 0 Å². The lowest BCUT2D eigenvalue weighted by molar-refractivity contribution is 0.287. The van der Waals surface area contributed by atoms with Crippen LogP contribution in [0, 0.1) is 5.82 Å². The van der Waals surface area contributed by atoms with E-state index in [2.05, 4.69) is 10.1 Å². The molecule has 0 amide bonds. The summed E-state index contributed by atoms with van der Waals surface area (Å²) in [6.45, 7) is 0.148. The van der Waals surface area contributed by atoms with Crippen molar-refractivity contribution in [2.24, 2.45) is 0 Å².